The normalized spacial score (nSPS) is 26.7. The highest BCUT2D eigenvalue weighted by Gasteiger charge is 2.82. The van der Waals surface area contributed by atoms with Crippen molar-refractivity contribution in [2.45, 2.75) is 17.8 Å². The Bertz CT molecular complexity index is 281. The predicted octanol–water partition coefficient (Wildman–Crippen LogP) is 2.41. The Morgan fingerprint density at radius 1 is 0.733 bits per heavy atom. The van der Waals surface area contributed by atoms with Crippen LogP contribution in [0.3, 0.4) is 0 Å². The molecule has 0 unspecified atom stereocenters. The maximum absolute atomic E-state index is 12.8. The number of allylic oxidation sites excluding steroid dienone is 2. The maximum atomic E-state index is 12.8. The molecule has 0 aromatic rings. The Morgan fingerprint density at radius 3 is 1.20 bits per heavy atom. The van der Waals surface area contributed by atoms with Gasteiger partial charge in [0.1, 0.15) is 0 Å². The minimum atomic E-state index is -5.56. The standard InChI is InChI=1S/C7H6F6O2/c1-14-3-4(15-2)6(10,11)7(12,13)5(3,8)9/h1-2H3. The van der Waals surface area contributed by atoms with Gasteiger partial charge in [0.05, 0.1) is 14.2 Å². The largest absolute Gasteiger partial charge is 0.492 e. The van der Waals surface area contributed by atoms with E-state index in [9.17, 15) is 26.3 Å². The van der Waals surface area contributed by atoms with Crippen molar-refractivity contribution in [3.63, 3.8) is 0 Å². The fourth-order valence-corrected chi connectivity index (χ4v) is 1.21. The fraction of sp³-hybridized carbons (Fsp3) is 0.714. The second-order valence-electron chi connectivity index (χ2n) is 2.79. The van der Waals surface area contributed by atoms with Crippen LogP contribution in [0.5, 0.6) is 0 Å². The molecule has 0 radical (unpaired) electrons. The Balaban J connectivity index is 3.43. The summed E-state index contributed by atoms with van der Waals surface area (Å²) in [5.74, 6) is -19.4. The molecule has 0 aliphatic heterocycles. The van der Waals surface area contributed by atoms with E-state index in [1.807, 2.05) is 0 Å². The number of hydrogen-bond acceptors (Lipinski definition) is 2. The zero-order valence-corrected chi connectivity index (χ0v) is 7.58. The first-order valence-corrected chi connectivity index (χ1v) is 3.61. The van der Waals surface area contributed by atoms with Gasteiger partial charge in [0.2, 0.25) is 11.5 Å². The Labute approximate surface area is 80.5 Å². The lowest BCUT2D eigenvalue weighted by atomic mass is 10.1. The van der Waals surface area contributed by atoms with Gasteiger partial charge in [-0.25, -0.2) is 0 Å². The van der Waals surface area contributed by atoms with Gasteiger partial charge in [-0.15, -0.1) is 0 Å². The highest BCUT2D eigenvalue weighted by Crippen LogP contribution is 2.59. The van der Waals surface area contributed by atoms with Crippen molar-refractivity contribution in [3.05, 3.63) is 11.5 Å². The molecule has 0 amide bonds. The van der Waals surface area contributed by atoms with Crippen molar-refractivity contribution >= 4 is 0 Å². The molecule has 88 valence electrons. The van der Waals surface area contributed by atoms with Crippen molar-refractivity contribution in [1.82, 2.24) is 0 Å². The molecule has 0 fully saturated rings. The molecule has 0 heterocycles. The lowest BCUT2D eigenvalue weighted by Gasteiger charge is -2.23. The molecule has 0 N–H and O–H groups in total. The molecule has 0 spiro atoms. The van der Waals surface area contributed by atoms with Gasteiger partial charge < -0.3 is 9.47 Å². The van der Waals surface area contributed by atoms with Gasteiger partial charge in [0.25, 0.3) is 0 Å². The molecule has 0 saturated heterocycles. The van der Waals surface area contributed by atoms with Gasteiger partial charge in [-0.2, -0.15) is 26.3 Å². The van der Waals surface area contributed by atoms with Crippen LogP contribution < -0.4 is 0 Å². The molecule has 0 atom stereocenters. The van der Waals surface area contributed by atoms with E-state index in [4.69, 9.17) is 0 Å². The molecule has 2 nitrogen and oxygen atoms in total. The SMILES string of the molecule is COC1=C(OC)C(F)(F)C(F)(F)C1(F)F. The van der Waals surface area contributed by atoms with Crippen molar-refractivity contribution < 1.29 is 35.8 Å². The van der Waals surface area contributed by atoms with Gasteiger partial charge in [0, 0.05) is 0 Å². The molecular formula is C7H6F6O2. The quantitative estimate of drug-likeness (QED) is 0.685. The minimum absolute atomic E-state index is 0.583. The van der Waals surface area contributed by atoms with Gasteiger partial charge in [-0.1, -0.05) is 0 Å². The average molecular weight is 236 g/mol. The monoisotopic (exact) mass is 236 g/mol. The van der Waals surface area contributed by atoms with E-state index in [1.165, 1.54) is 0 Å². The van der Waals surface area contributed by atoms with Crippen LogP contribution in [-0.4, -0.2) is 32.0 Å². The fourth-order valence-electron chi connectivity index (χ4n) is 1.21. The minimum Gasteiger partial charge on any atom is -0.492 e. The van der Waals surface area contributed by atoms with Crippen LogP contribution in [0.2, 0.25) is 0 Å². The maximum Gasteiger partial charge on any atom is 0.387 e. The van der Waals surface area contributed by atoms with Crippen molar-refractivity contribution in [3.8, 4) is 0 Å². The first-order chi connectivity index (χ1) is 6.64. The summed E-state index contributed by atoms with van der Waals surface area (Å²) in [6.45, 7) is 0. The van der Waals surface area contributed by atoms with Crippen LogP contribution in [0.15, 0.2) is 11.5 Å². The van der Waals surface area contributed by atoms with Gasteiger partial charge in [-0.3, -0.25) is 0 Å². The smallest absolute Gasteiger partial charge is 0.387 e. The molecule has 0 bridgehead atoms. The first kappa shape index (κ1) is 12.0. The highest BCUT2D eigenvalue weighted by molar-refractivity contribution is 5.33. The van der Waals surface area contributed by atoms with E-state index < -0.39 is 29.3 Å². The third kappa shape index (κ3) is 1.13. The molecule has 15 heavy (non-hydrogen) atoms. The molecule has 0 aromatic carbocycles. The number of methoxy groups -OCH3 is 2. The lowest BCUT2D eigenvalue weighted by molar-refractivity contribution is -0.275. The number of ether oxygens (including phenoxy) is 2. The van der Waals surface area contributed by atoms with Crippen LogP contribution >= 0.6 is 0 Å². The van der Waals surface area contributed by atoms with Crippen molar-refractivity contribution in [2.75, 3.05) is 14.2 Å². The zero-order chi connectivity index (χ0) is 12.1. The second kappa shape index (κ2) is 2.96. The summed E-state index contributed by atoms with van der Waals surface area (Å²) in [6, 6.07) is 0. The van der Waals surface area contributed by atoms with E-state index in [0.717, 1.165) is 0 Å². The van der Waals surface area contributed by atoms with Gasteiger partial charge in [-0.05, 0) is 0 Å². The van der Waals surface area contributed by atoms with E-state index in [1.54, 1.807) is 0 Å². The number of rotatable bonds is 2. The summed E-state index contributed by atoms with van der Waals surface area (Å²) in [7, 11) is 1.17. The molecule has 1 aliphatic carbocycles. The number of alkyl halides is 6. The number of hydrogen-bond donors (Lipinski definition) is 0. The van der Waals surface area contributed by atoms with Crippen molar-refractivity contribution in [2.24, 2.45) is 0 Å². The highest BCUT2D eigenvalue weighted by atomic mass is 19.3. The van der Waals surface area contributed by atoms with Crippen LogP contribution in [0.25, 0.3) is 0 Å². The van der Waals surface area contributed by atoms with E-state index >= 15 is 0 Å². The summed E-state index contributed by atoms with van der Waals surface area (Å²) in [4.78, 5) is 0. The summed E-state index contributed by atoms with van der Waals surface area (Å²) in [5.41, 5.74) is 0. The average Bonchev–Trinajstić information content (AvgIpc) is 2.20. The van der Waals surface area contributed by atoms with Gasteiger partial charge in [0.15, 0.2) is 0 Å². The topological polar surface area (TPSA) is 18.5 Å². The zero-order valence-electron chi connectivity index (χ0n) is 7.58. The summed E-state index contributed by atoms with van der Waals surface area (Å²) >= 11 is 0. The second-order valence-corrected chi connectivity index (χ2v) is 2.79. The summed E-state index contributed by atoms with van der Waals surface area (Å²) in [5, 5.41) is 0. The first-order valence-electron chi connectivity index (χ1n) is 3.61. The van der Waals surface area contributed by atoms with Crippen LogP contribution in [-0.2, 0) is 9.47 Å². The van der Waals surface area contributed by atoms with Gasteiger partial charge >= 0.3 is 17.8 Å². The molecular weight excluding hydrogens is 230 g/mol. The Kier molecular flexibility index (Phi) is 2.36. The third-order valence-corrected chi connectivity index (χ3v) is 1.97. The summed E-state index contributed by atoms with van der Waals surface area (Å²) < 4.78 is 84.3. The molecule has 0 saturated carbocycles. The Hall–Kier alpha value is -1.08. The Morgan fingerprint density at radius 2 is 1.00 bits per heavy atom. The van der Waals surface area contributed by atoms with E-state index in [0.29, 0.717) is 14.2 Å². The summed E-state index contributed by atoms with van der Waals surface area (Å²) in [6.07, 6.45) is 0. The van der Waals surface area contributed by atoms with Crippen LogP contribution in [0.4, 0.5) is 26.3 Å². The third-order valence-electron chi connectivity index (χ3n) is 1.97. The molecule has 0 aromatic heterocycles. The predicted molar refractivity (Wildman–Crippen MR) is 35.9 cm³/mol. The molecule has 1 rings (SSSR count). The van der Waals surface area contributed by atoms with Crippen molar-refractivity contribution in [1.29, 1.82) is 0 Å². The molecule has 1 aliphatic rings. The molecule has 8 heteroatoms. The van der Waals surface area contributed by atoms with Crippen LogP contribution in [0.1, 0.15) is 0 Å². The van der Waals surface area contributed by atoms with E-state index in [-0.39, 0.29) is 0 Å². The number of halogens is 6. The van der Waals surface area contributed by atoms with E-state index in [2.05, 4.69) is 9.47 Å². The lowest BCUT2D eigenvalue weighted by Crippen LogP contribution is -2.49. The van der Waals surface area contributed by atoms with Crippen LogP contribution in [0, 0.1) is 0 Å².